The average molecular weight is 415 g/mol. The molecule has 2 amide bonds. The number of carbonyl (C=O) groups excluding carboxylic acids is 2. The maximum Gasteiger partial charge on any atom is 0.257 e. The van der Waals surface area contributed by atoms with Crippen molar-refractivity contribution >= 4 is 50.5 Å². The maximum absolute atomic E-state index is 12.5. The van der Waals surface area contributed by atoms with Crippen molar-refractivity contribution < 1.29 is 18.0 Å². The number of nitrogens with zero attached hydrogens (tertiary/aromatic N) is 1. The van der Waals surface area contributed by atoms with Gasteiger partial charge in [0, 0.05) is 25.9 Å². The lowest BCUT2D eigenvalue weighted by atomic mass is 10.1. The summed E-state index contributed by atoms with van der Waals surface area (Å²) in [7, 11) is -0.293. The molecule has 0 saturated carbocycles. The Kier molecular flexibility index (Phi) is 5.95. The molecule has 1 N–H and O–H groups in total. The molecule has 2 rings (SSSR count). The van der Waals surface area contributed by atoms with Gasteiger partial charge in [-0.1, -0.05) is 23.2 Å². The molecule has 138 valence electrons. The number of nitrogens with one attached hydrogen (secondary N) is 1. The zero-order chi connectivity index (χ0) is 19.6. The summed E-state index contributed by atoms with van der Waals surface area (Å²) in [6, 6.07) is 8.31. The van der Waals surface area contributed by atoms with E-state index in [2.05, 4.69) is 5.32 Å². The number of benzene rings is 2. The van der Waals surface area contributed by atoms with E-state index in [4.69, 9.17) is 23.2 Å². The molecule has 9 heteroatoms. The second kappa shape index (κ2) is 7.65. The number of sulfone groups is 1. The highest BCUT2D eigenvalue weighted by molar-refractivity contribution is 7.90. The Bertz CT molecular complexity index is 988. The molecular formula is C17H16Cl2N2O4S. The quantitative estimate of drug-likeness (QED) is 0.830. The van der Waals surface area contributed by atoms with Crippen LogP contribution >= 0.6 is 23.2 Å². The molecule has 0 aliphatic heterocycles. The summed E-state index contributed by atoms with van der Waals surface area (Å²) in [5.74, 6) is -0.897. The summed E-state index contributed by atoms with van der Waals surface area (Å²) >= 11 is 12.1. The lowest BCUT2D eigenvalue weighted by Gasteiger charge is -2.13. The summed E-state index contributed by atoms with van der Waals surface area (Å²) in [5.41, 5.74) is 0.533. The van der Waals surface area contributed by atoms with Crippen molar-refractivity contribution in [2.75, 3.05) is 25.7 Å². The van der Waals surface area contributed by atoms with Gasteiger partial charge in [-0.2, -0.15) is 0 Å². The Balaban J connectivity index is 2.39. The summed E-state index contributed by atoms with van der Waals surface area (Å²) in [4.78, 5) is 25.9. The van der Waals surface area contributed by atoms with Crippen LogP contribution in [0.3, 0.4) is 0 Å². The SMILES string of the molecule is CN(C)C(=O)c1ccc(Cl)c(NC(=O)c2cc(S(C)(=O)=O)ccc2Cl)c1. The number of anilines is 1. The van der Waals surface area contributed by atoms with Crippen LogP contribution < -0.4 is 5.32 Å². The molecule has 6 nitrogen and oxygen atoms in total. The number of hydrogen-bond acceptors (Lipinski definition) is 4. The van der Waals surface area contributed by atoms with Gasteiger partial charge in [-0.05, 0) is 36.4 Å². The van der Waals surface area contributed by atoms with Crippen molar-refractivity contribution in [3.63, 3.8) is 0 Å². The highest BCUT2D eigenvalue weighted by Crippen LogP contribution is 2.26. The third-order valence-corrected chi connectivity index (χ3v) is 5.25. The largest absolute Gasteiger partial charge is 0.345 e. The number of amides is 2. The fraction of sp³-hybridized carbons (Fsp3) is 0.176. The predicted octanol–water partition coefficient (Wildman–Crippen LogP) is 3.35. The van der Waals surface area contributed by atoms with E-state index in [0.717, 1.165) is 6.26 Å². The fourth-order valence-corrected chi connectivity index (χ4v) is 3.13. The molecule has 0 atom stereocenters. The van der Waals surface area contributed by atoms with Gasteiger partial charge in [-0.25, -0.2) is 8.42 Å². The second-order valence-electron chi connectivity index (χ2n) is 5.76. The van der Waals surface area contributed by atoms with Crippen molar-refractivity contribution in [2.45, 2.75) is 4.90 Å². The van der Waals surface area contributed by atoms with Crippen LogP contribution in [0.1, 0.15) is 20.7 Å². The molecule has 2 aromatic rings. The first kappa shape index (κ1) is 20.2. The minimum atomic E-state index is -3.50. The maximum atomic E-state index is 12.5. The number of hydrogen-bond donors (Lipinski definition) is 1. The summed E-state index contributed by atoms with van der Waals surface area (Å²) in [6.45, 7) is 0. The third-order valence-electron chi connectivity index (χ3n) is 3.48. The van der Waals surface area contributed by atoms with Crippen LogP contribution in [0.5, 0.6) is 0 Å². The van der Waals surface area contributed by atoms with E-state index < -0.39 is 15.7 Å². The minimum Gasteiger partial charge on any atom is -0.345 e. The standard InChI is InChI=1S/C17H16Cl2N2O4S/c1-21(2)17(23)10-4-6-14(19)15(8-10)20-16(22)12-9-11(26(3,24)25)5-7-13(12)18/h4-9H,1-3H3,(H,20,22). The van der Waals surface area contributed by atoms with E-state index in [9.17, 15) is 18.0 Å². The van der Waals surface area contributed by atoms with Crippen LogP contribution in [0.2, 0.25) is 10.0 Å². The third kappa shape index (κ3) is 4.55. The second-order valence-corrected chi connectivity index (χ2v) is 8.59. The van der Waals surface area contributed by atoms with Crippen molar-refractivity contribution in [3.8, 4) is 0 Å². The van der Waals surface area contributed by atoms with Gasteiger partial charge in [0.2, 0.25) is 0 Å². The van der Waals surface area contributed by atoms with E-state index in [0.29, 0.717) is 5.56 Å². The zero-order valence-electron chi connectivity index (χ0n) is 14.2. The Labute approximate surface area is 161 Å². The molecule has 0 aromatic heterocycles. The molecule has 0 saturated heterocycles. The molecule has 2 aromatic carbocycles. The van der Waals surface area contributed by atoms with E-state index in [1.807, 2.05) is 0 Å². The van der Waals surface area contributed by atoms with Crippen molar-refractivity contribution in [1.82, 2.24) is 4.90 Å². The highest BCUT2D eigenvalue weighted by Gasteiger charge is 2.18. The van der Waals surface area contributed by atoms with E-state index in [1.54, 1.807) is 14.1 Å². The smallest absolute Gasteiger partial charge is 0.257 e. The topological polar surface area (TPSA) is 83.6 Å². The predicted molar refractivity (Wildman–Crippen MR) is 102 cm³/mol. The van der Waals surface area contributed by atoms with Crippen LogP contribution in [-0.2, 0) is 9.84 Å². The number of halogens is 2. The Morgan fingerprint density at radius 1 is 1.00 bits per heavy atom. The summed E-state index contributed by atoms with van der Waals surface area (Å²) in [6.07, 6.45) is 1.03. The molecule has 0 heterocycles. The van der Waals surface area contributed by atoms with Gasteiger partial charge >= 0.3 is 0 Å². The molecule has 0 aliphatic rings. The van der Waals surface area contributed by atoms with Crippen LogP contribution in [0, 0.1) is 0 Å². The van der Waals surface area contributed by atoms with Crippen molar-refractivity contribution in [1.29, 1.82) is 0 Å². The molecule has 0 fully saturated rings. The molecule has 26 heavy (non-hydrogen) atoms. The van der Waals surface area contributed by atoms with Gasteiger partial charge in [0.05, 0.1) is 26.2 Å². The summed E-state index contributed by atoms with van der Waals surface area (Å²) < 4.78 is 23.4. The van der Waals surface area contributed by atoms with Crippen LogP contribution in [0.25, 0.3) is 0 Å². The van der Waals surface area contributed by atoms with Gasteiger partial charge < -0.3 is 10.2 Å². The zero-order valence-corrected chi connectivity index (χ0v) is 16.5. The number of rotatable bonds is 4. The molecule has 0 spiro atoms. The van der Waals surface area contributed by atoms with E-state index in [-0.39, 0.29) is 32.1 Å². The van der Waals surface area contributed by atoms with Gasteiger partial charge in [-0.3, -0.25) is 9.59 Å². The first-order valence-corrected chi connectivity index (χ1v) is 9.97. The molecule has 0 bridgehead atoms. The Hall–Kier alpha value is -2.09. The first-order chi connectivity index (χ1) is 12.0. The Morgan fingerprint density at radius 3 is 2.19 bits per heavy atom. The van der Waals surface area contributed by atoms with Gasteiger partial charge in [0.1, 0.15) is 0 Å². The monoisotopic (exact) mass is 414 g/mol. The van der Waals surface area contributed by atoms with Gasteiger partial charge in [-0.15, -0.1) is 0 Å². The van der Waals surface area contributed by atoms with Gasteiger partial charge in [0.25, 0.3) is 11.8 Å². The Morgan fingerprint density at radius 2 is 1.62 bits per heavy atom. The van der Waals surface area contributed by atoms with Crippen LogP contribution in [0.4, 0.5) is 5.69 Å². The van der Waals surface area contributed by atoms with Gasteiger partial charge in [0.15, 0.2) is 9.84 Å². The van der Waals surface area contributed by atoms with E-state index >= 15 is 0 Å². The molecule has 0 unspecified atom stereocenters. The minimum absolute atomic E-state index is 0.0185. The first-order valence-electron chi connectivity index (χ1n) is 7.33. The molecule has 0 radical (unpaired) electrons. The molecular weight excluding hydrogens is 399 g/mol. The average Bonchev–Trinajstić information content (AvgIpc) is 2.55. The number of carbonyl (C=O) groups is 2. The normalized spacial score (nSPS) is 11.1. The lowest BCUT2D eigenvalue weighted by Crippen LogP contribution is -2.22. The van der Waals surface area contributed by atoms with Crippen molar-refractivity contribution in [2.24, 2.45) is 0 Å². The fourth-order valence-electron chi connectivity index (χ4n) is 2.11. The summed E-state index contributed by atoms with van der Waals surface area (Å²) in [5, 5.41) is 2.87. The van der Waals surface area contributed by atoms with Crippen molar-refractivity contribution in [3.05, 3.63) is 57.6 Å². The van der Waals surface area contributed by atoms with Crippen LogP contribution in [-0.4, -0.2) is 45.5 Å². The molecule has 0 aliphatic carbocycles. The lowest BCUT2D eigenvalue weighted by molar-refractivity contribution is 0.0827. The van der Waals surface area contributed by atoms with Crippen LogP contribution in [0.15, 0.2) is 41.3 Å². The highest BCUT2D eigenvalue weighted by atomic mass is 35.5. The van der Waals surface area contributed by atoms with E-state index in [1.165, 1.54) is 41.3 Å².